The van der Waals surface area contributed by atoms with Crippen LogP contribution in [0.4, 0.5) is 5.69 Å². The van der Waals surface area contributed by atoms with Crippen LogP contribution < -0.4 is 4.90 Å². The van der Waals surface area contributed by atoms with E-state index in [-0.39, 0.29) is 17.7 Å². The lowest BCUT2D eigenvalue weighted by atomic mass is 9.95. The second-order valence-corrected chi connectivity index (χ2v) is 8.40. The van der Waals surface area contributed by atoms with Gasteiger partial charge in [-0.25, -0.2) is 0 Å². The number of hydrogen-bond donors (Lipinski definition) is 0. The second kappa shape index (κ2) is 10.2. The molecule has 3 saturated heterocycles. The Hall–Kier alpha value is -2.19. The lowest BCUT2D eigenvalue weighted by molar-refractivity contribution is -0.143. The Morgan fingerprint density at radius 3 is 2.50 bits per heavy atom. The standard InChI is InChI=1S/C22H33N5O3/c28-21-3-2-19(18-27(21)9-1-8-24-14-16-30-17-15-24)22(29)26-12-10-25(11-13-26)20-4-6-23-7-5-20/h4-7,19H,1-3,8-18H2. The third-order valence-electron chi connectivity index (χ3n) is 6.47. The van der Waals surface area contributed by atoms with Gasteiger partial charge in [-0.2, -0.15) is 0 Å². The number of anilines is 1. The smallest absolute Gasteiger partial charge is 0.227 e. The zero-order valence-corrected chi connectivity index (χ0v) is 17.7. The molecule has 3 aliphatic heterocycles. The summed E-state index contributed by atoms with van der Waals surface area (Å²) >= 11 is 0. The average molecular weight is 416 g/mol. The summed E-state index contributed by atoms with van der Waals surface area (Å²) in [5.41, 5.74) is 1.16. The van der Waals surface area contributed by atoms with Crippen LogP contribution in [0.5, 0.6) is 0 Å². The van der Waals surface area contributed by atoms with Gasteiger partial charge in [-0.3, -0.25) is 19.5 Å². The van der Waals surface area contributed by atoms with Crippen molar-refractivity contribution in [3.63, 3.8) is 0 Å². The number of carbonyl (C=O) groups is 2. The van der Waals surface area contributed by atoms with Crippen molar-refractivity contribution in [2.24, 2.45) is 5.92 Å². The fourth-order valence-corrected chi connectivity index (χ4v) is 4.64. The second-order valence-electron chi connectivity index (χ2n) is 8.40. The number of piperazine rings is 1. The maximum absolute atomic E-state index is 13.1. The highest BCUT2D eigenvalue weighted by molar-refractivity contribution is 5.84. The van der Waals surface area contributed by atoms with Gasteiger partial charge in [-0.15, -0.1) is 0 Å². The number of piperidine rings is 1. The first-order valence-electron chi connectivity index (χ1n) is 11.2. The Bertz CT molecular complexity index is 702. The molecule has 1 unspecified atom stereocenters. The first-order chi connectivity index (χ1) is 14.7. The zero-order chi connectivity index (χ0) is 20.8. The van der Waals surface area contributed by atoms with Gasteiger partial charge < -0.3 is 19.4 Å². The molecular formula is C22H33N5O3. The summed E-state index contributed by atoms with van der Waals surface area (Å²) in [6.07, 6.45) is 5.74. The van der Waals surface area contributed by atoms with E-state index in [1.807, 2.05) is 21.9 Å². The number of hydrogen-bond acceptors (Lipinski definition) is 6. The van der Waals surface area contributed by atoms with Crippen LogP contribution in [0, 0.1) is 5.92 Å². The predicted molar refractivity (Wildman–Crippen MR) is 114 cm³/mol. The van der Waals surface area contributed by atoms with Crippen LogP contribution in [-0.4, -0.2) is 104 Å². The fourth-order valence-electron chi connectivity index (χ4n) is 4.64. The van der Waals surface area contributed by atoms with E-state index >= 15 is 0 Å². The molecule has 8 nitrogen and oxygen atoms in total. The molecule has 4 heterocycles. The normalized spacial score (nSPS) is 23.7. The quantitative estimate of drug-likeness (QED) is 0.681. The molecule has 3 fully saturated rings. The molecule has 1 atom stereocenters. The van der Waals surface area contributed by atoms with Crippen LogP contribution >= 0.6 is 0 Å². The molecule has 0 aliphatic carbocycles. The van der Waals surface area contributed by atoms with E-state index in [1.54, 1.807) is 12.4 Å². The summed E-state index contributed by atoms with van der Waals surface area (Å²) in [7, 11) is 0. The van der Waals surface area contributed by atoms with Crippen LogP contribution in [0.3, 0.4) is 0 Å². The largest absolute Gasteiger partial charge is 0.379 e. The summed E-state index contributed by atoms with van der Waals surface area (Å²) < 4.78 is 5.39. The first-order valence-corrected chi connectivity index (χ1v) is 11.2. The van der Waals surface area contributed by atoms with Crippen molar-refractivity contribution in [3.05, 3.63) is 24.5 Å². The maximum atomic E-state index is 13.1. The molecule has 164 valence electrons. The van der Waals surface area contributed by atoms with Gasteiger partial charge >= 0.3 is 0 Å². The number of carbonyl (C=O) groups excluding carboxylic acids is 2. The number of pyridine rings is 1. The van der Waals surface area contributed by atoms with E-state index in [0.717, 1.165) is 77.7 Å². The number of rotatable bonds is 6. The Morgan fingerprint density at radius 2 is 1.77 bits per heavy atom. The van der Waals surface area contributed by atoms with Crippen LogP contribution in [-0.2, 0) is 14.3 Å². The van der Waals surface area contributed by atoms with E-state index < -0.39 is 0 Å². The lowest BCUT2D eigenvalue weighted by Crippen LogP contribution is -2.53. The summed E-state index contributed by atoms with van der Waals surface area (Å²) in [4.78, 5) is 38.2. The number of aromatic nitrogens is 1. The van der Waals surface area contributed by atoms with Gasteiger partial charge in [0.25, 0.3) is 0 Å². The predicted octanol–water partition coefficient (Wildman–Crippen LogP) is 0.691. The number of morpholine rings is 1. The monoisotopic (exact) mass is 415 g/mol. The molecule has 0 N–H and O–H groups in total. The lowest BCUT2D eigenvalue weighted by Gasteiger charge is -2.39. The Kier molecular flexibility index (Phi) is 7.17. The molecule has 8 heteroatoms. The van der Waals surface area contributed by atoms with Gasteiger partial charge in [0.2, 0.25) is 11.8 Å². The van der Waals surface area contributed by atoms with Gasteiger partial charge in [0.15, 0.2) is 0 Å². The van der Waals surface area contributed by atoms with Crippen molar-refractivity contribution in [1.29, 1.82) is 0 Å². The Morgan fingerprint density at radius 1 is 1.03 bits per heavy atom. The first kappa shape index (κ1) is 21.1. The summed E-state index contributed by atoms with van der Waals surface area (Å²) in [5, 5.41) is 0. The van der Waals surface area contributed by atoms with Crippen molar-refractivity contribution in [2.75, 3.05) is 77.0 Å². The molecule has 0 spiro atoms. The highest BCUT2D eigenvalue weighted by atomic mass is 16.5. The minimum atomic E-state index is -0.0569. The van der Waals surface area contributed by atoms with E-state index in [2.05, 4.69) is 14.8 Å². The minimum Gasteiger partial charge on any atom is -0.379 e. The van der Waals surface area contributed by atoms with Gasteiger partial charge in [0.05, 0.1) is 19.1 Å². The number of amides is 2. The molecule has 0 bridgehead atoms. The van der Waals surface area contributed by atoms with Crippen LogP contribution in [0.2, 0.25) is 0 Å². The minimum absolute atomic E-state index is 0.0569. The molecule has 0 aromatic carbocycles. The molecule has 0 radical (unpaired) electrons. The van der Waals surface area contributed by atoms with E-state index in [0.29, 0.717) is 19.4 Å². The van der Waals surface area contributed by atoms with E-state index in [4.69, 9.17) is 4.74 Å². The molecule has 30 heavy (non-hydrogen) atoms. The summed E-state index contributed by atoms with van der Waals surface area (Å²) in [6.45, 7) is 9.01. The van der Waals surface area contributed by atoms with Crippen molar-refractivity contribution in [1.82, 2.24) is 19.7 Å². The molecule has 2 amide bonds. The molecular weight excluding hydrogens is 382 g/mol. The van der Waals surface area contributed by atoms with Crippen molar-refractivity contribution >= 4 is 17.5 Å². The Balaban J connectivity index is 1.23. The molecule has 0 saturated carbocycles. The number of ether oxygens (including phenoxy) is 1. The fraction of sp³-hybridized carbons (Fsp3) is 0.682. The molecule has 3 aliphatic rings. The zero-order valence-electron chi connectivity index (χ0n) is 17.7. The van der Waals surface area contributed by atoms with Crippen LogP contribution in [0.1, 0.15) is 19.3 Å². The number of nitrogens with zero attached hydrogens (tertiary/aromatic N) is 5. The topological polar surface area (TPSA) is 69.2 Å². The van der Waals surface area contributed by atoms with E-state index in [1.165, 1.54) is 0 Å². The van der Waals surface area contributed by atoms with Gasteiger partial charge in [0.1, 0.15) is 0 Å². The molecule has 1 aromatic rings. The van der Waals surface area contributed by atoms with Crippen LogP contribution in [0.25, 0.3) is 0 Å². The van der Waals surface area contributed by atoms with Crippen molar-refractivity contribution < 1.29 is 14.3 Å². The molecule has 4 rings (SSSR count). The SMILES string of the molecule is O=C1CCC(C(=O)N2CCN(c3ccncc3)CC2)CN1CCCN1CCOCC1. The third kappa shape index (κ3) is 5.29. The van der Waals surface area contributed by atoms with Crippen molar-refractivity contribution in [2.45, 2.75) is 19.3 Å². The number of likely N-dealkylation sites (tertiary alicyclic amines) is 1. The van der Waals surface area contributed by atoms with Crippen LogP contribution in [0.15, 0.2) is 24.5 Å². The maximum Gasteiger partial charge on any atom is 0.227 e. The highest BCUT2D eigenvalue weighted by Crippen LogP contribution is 2.22. The third-order valence-corrected chi connectivity index (χ3v) is 6.47. The highest BCUT2D eigenvalue weighted by Gasteiger charge is 2.33. The van der Waals surface area contributed by atoms with Gasteiger partial charge in [0, 0.05) is 83.4 Å². The van der Waals surface area contributed by atoms with Crippen molar-refractivity contribution in [3.8, 4) is 0 Å². The molecule has 1 aromatic heterocycles. The average Bonchev–Trinajstić information content (AvgIpc) is 2.81. The summed E-state index contributed by atoms with van der Waals surface area (Å²) in [5.74, 6) is 0.358. The Labute approximate surface area is 178 Å². The van der Waals surface area contributed by atoms with E-state index in [9.17, 15) is 9.59 Å². The van der Waals surface area contributed by atoms with Gasteiger partial charge in [-0.05, 0) is 25.0 Å². The summed E-state index contributed by atoms with van der Waals surface area (Å²) in [6, 6.07) is 4.03. The van der Waals surface area contributed by atoms with Gasteiger partial charge in [-0.1, -0.05) is 0 Å².